The Hall–Kier alpha value is -2.06. The number of nitrogens with zero attached hydrogens (tertiary/aromatic N) is 2. The molecule has 1 aromatic carbocycles. The minimum Gasteiger partial charge on any atom is -0.392 e. The van der Waals surface area contributed by atoms with E-state index in [1.54, 1.807) is 30.1 Å². The van der Waals surface area contributed by atoms with Gasteiger partial charge in [-0.25, -0.2) is 0 Å². The maximum atomic E-state index is 11.6. The lowest BCUT2D eigenvalue weighted by Crippen LogP contribution is -2.35. The number of carbonyl (C=O) groups excluding carboxylic acids is 1. The lowest BCUT2D eigenvalue weighted by molar-refractivity contribution is -0.119. The van der Waals surface area contributed by atoms with Crippen LogP contribution in [-0.2, 0) is 11.4 Å². The first-order valence-corrected chi connectivity index (χ1v) is 6.24. The minimum atomic E-state index is -0.102. The predicted octanol–water partition coefficient (Wildman–Crippen LogP) is 1.01. The van der Waals surface area contributed by atoms with Gasteiger partial charge in [-0.05, 0) is 24.1 Å². The van der Waals surface area contributed by atoms with Crippen molar-refractivity contribution < 1.29 is 9.90 Å². The molecular weight excluding hydrogens is 242 g/mol. The van der Waals surface area contributed by atoms with Gasteiger partial charge < -0.3 is 15.3 Å². The number of anilines is 1. The van der Waals surface area contributed by atoms with Gasteiger partial charge in [0.15, 0.2) is 0 Å². The fourth-order valence-corrected chi connectivity index (χ4v) is 1.72. The third kappa shape index (κ3) is 4.27. The molecule has 0 aliphatic carbocycles. The summed E-state index contributed by atoms with van der Waals surface area (Å²) in [6.07, 6.45) is 0.893. The fourth-order valence-electron chi connectivity index (χ4n) is 1.72. The number of hydrogen-bond acceptors (Lipinski definition) is 4. The van der Waals surface area contributed by atoms with Crippen LogP contribution in [-0.4, -0.2) is 31.2 Å². The molecule has 0 saturated heterocycles. The van der Waals surface area contributed by atoms with E-state index in [0.717, 1.165) is 6.42 Å². The molecule has 0 aliphatic rings. The highest BCUT2D eigenvalue weighted by Gasteiger charge is 2.11. The zero-order chi connectivity index (χ0) is 14.3. The van der Waals surface area contributed by atoms with Gasteiger partial charge in [-0.15, -0.1) is 0 Å². The lowest BCUT2D eigenvalue weighted by Gasteiger charge is -2.20. The van der Waals surface area contributed by atoms with E-state index < -0.39 is 0 Å². The van der Waals surface area contributed by atoms with E-state index in [1.165, 1.54) is 0 Å². The van der Waals surface area contributed by atoms with Crippen molar-refractivity contribution in [3.05, 3.63) is 29.3 Å². The first-order chi connectivity index (χ1) is 9.12. The molecule has 2 N–H and O–H groups in total. The topological polar surface area (TPSA) is 76.4 Å². The van der Waals surface area contributed by atoms with Crippen molar-refractivity contribution in [2.75, 3.05) is 25.0 Å². The Morgan fingerprint density at radius 1 is 1.53 bits per heavy atom. The predicted molar refractivity (Wildman–Crippen MR) is 73.7 cm³/mol. The third-order valence-electron chi connectivity index (χ3n) is 2.73. The van der Waals surface area contributed by atoms with E-state index >= 15 is 0 Å². The number of likely N-dealkylation sites (N-methyl/N-ethyl adjacent to an activating group) is 1. The van der Waals surface area contributed by atoms with Gasteiger partial charge in [0.1, 0.15) is 6.07 Å². The Morgan fingerprint density at radius 2 is 2.26 bits per heavy atom. The molecule has 0 radical (unpaired) electrons. The van der Waals surface area contributed by atoms with Gasteiger partial charge in [-0.2, -0.15) is 5.26 Å². The van der Waals surface area contributed by atoms with E-state index in [0.29, 0.717) is 23.4 Å². The summed E-state index contributed by atoms with van der Waals surface area (Å²) in [5.41, 5.74) is 1.83. The zero-order valence-corrected chi connectivity index (χ0v) is 11.3. The number of carbonyl (C=O) groups is 1. The van der Waals surface area contributed by atoms with Crippen LogP contribution in [0.25, 0.3) is 0 Å². The summed E-state index contributed by atoms with van der Waals surface area (Å²) in [6.45, 7) is 2.75. The highest BCUT2D eigenvalue weighted by Crippen LogP contribution is 2.20. The molecule has 1 rings (SSSR count). The van der Waals surface area contributed by atoms with Crippen molar-refractivity contribution >= 4 is 11.6 Å². The molecule has 0 aliphatic heterocycles. The van der Waals surface area contributed by atoms with E-state index in [9.17, 15) is 4.79 Å². The van der Waals surface area contributed by atoms with E-state index in [1.807, 2.05) is 6.92 Å². The molecule has 0 spiro atoms. The largest absolute Gasteiger partial charge is 0.392 e. The number of benzene rings is 1. The summed E-state index contributed by atoms with van der Waals surface area (Å²) in [5.74, 6) is -0.0699. The Kier molecular flexibility index (Phi) is 5.83. The quantitative estimate of drug-likeness (QED) is 0.801. The number of nitriles is 1. The van der Waals surface area contributed by atoms with Crippen molar-refractivity contribution in [3.63, 3.8) is 0 Å². The van der Waals surface area contributed by atoms with Crippen LogP contribution in [0, 0.1) is 11.3 Å². The Labute approximate surface area is 113 Å². The normalized spacial score (nSPS) is 9.79. The first kappa shape index (κ1) is 15.0. The molecule has 1 amide bonds. The van der Waals surface area contributed by atoms with Crippen LogP contribution in [0.1, 0.15) is 24.5 Å². The smallest absolute Gasteiger partial charge is 0.239 e. The van der Waals surface area contributed by atoms with Crippen molar-refractivity contribution in [1.82, 2.24) is 5.32 Å². The Morgan fingerprint density at radius 3 is 2.84 bits per heavy atom. The highest BCUT2D eigenvalue weighted by molar-refractivity contribution is 5.81. The second-order valence-corrected chi connectivity index (χ2v) is 4.33. The van der Waals surface area contributed by atoms with Gasteiger partial charge in [0.05, 0.1) is 24.4 Å². The molecule has 0 saturated carbocycles. The van der Waals surface area contributed by atoms with E-state index in [-0.39, 0.29) is 19.1 Å². The summed E-state index contributed by atoms with van der Waals surface area (Å²) in [4.78, 5) is 13.4. The van der Waals surface area contributed by atoms with Crippen LogP contribution >= 0.6 is 0 Å². The van der Waals surface area contributed by atoms with Crippen LogP contribution in [0.2, 0.25) is 0 Å². The number of rotatable bonds is 6. The summed E-state index contributed by atoms with van der Waals surface area (Å²) < 4.78 is 0. The molecule has 102 valence electrons. The number of amides is 1. The van der Waals surface area contributed by atoms with Crippen LogP contribution < -0.4 is 10.2 Å². The number of aliphatic hydroxyl groups excluding tert-OH is 1. The molecule has 0 atom stereocenters. The maximum Gasteiger partial charge on any atom is 0.239 e. The number of aliphatic hydroxyl groups is 1. The van der Waals surface area contributed by atoms with Gasteiger partial charge in [-0.1, -0.05) is 13.0 Å². The van der Waals surface area contributed by atoms with Gasteiger partial charge in [-0.3, -0.25) is 4.79 Å². The van der Waals surface area contributed by atoms with Crippen LogP contribution in [0.4, 0.5) is 5.69 Å². The summed E-state index contributed by atoms with van der Waals surface area (Å²) in [7, 11) is 1.76. The van der Waals surface area contributed by atoms with E-state index in [2.05, 4.69) is 11.4 Å². The Balaban J connectivity index is 2.79. The molecule has 0 aromatic heterocycles. The van der Waals surface area contributed by atoms with Crippen molar-refractivity contribution in [1.29, 1.82) is 5.26 Å². The first-order valence-electron chi connectivity index (χ1n) is 6.24. The third-order valence-corrected chi connectivity index (χ3v) is 2.73. The molecule has 19 heavy (non-hydrogen) atoms. The average Bonchev–Trinajstić information content (AvgIpc) is 2.44. The van der Waals surface area contributed by atoms with Crippen LogP contribution in [0.3, 0.4) is 0 Å². The average molecular weight is 261 g/mol. The summed E-state index contributed by atoms with van der Waals surface area (Å²) in [6, 6.07) is 7.21. The minimum absolute atomic E-state index is 0.0699. The second-order valence-electron chi connectivity index (χ2n) is 4.33. The second kappa shape index (κ2) is 7.39. The van der Waals surface area contributed by atoms with Gasteiger partial charge in [0.25, 0.3) is 0 Å². The lowest BCUT2D eigenvalue weighted by atomic mass is 10.1. The SMILES string of the molecule is CCCNC(=O)CN(C)c1ccc(CO)cc1C#N. The molecule has 5 nitrogen and oxygen atoms in total. The van der Waals surface area contributed by atoms with Crippen LogP contribution in [0.15, 0.2) is 18.2 Å². The monoisotopic (exact) mass is 261 g/mol. The molecule has 0 heterocycles. The van der Waals surface area contributed by atoms with E-state index in [4.69, 9.17) is 10.4 Å². The standard InChI is InChI=1S/C14H19N3O2/c1-3-6-16-14(19)9-17(2)13-5-4-11(10-18)7-12(13)8-15/h4-5,7,18H,3,6,9-10H2,1-2H3,(H,16,19). The molecule has 0 unspecified atom stereocenters. The number of hydrogen-bond donors (Lipinski definition) is 2. The van der Waals surface area contributed by atoms with Crippen molar-refractivity contribution in [3.8, 4) is 6.07 Å². The van der Waals surface area contributed by atoms with Crippen molar-refractivity contribution in [2.45, 2.75) is 20.0 Å². The maximum absolute atomic E-state index is 11.6. The summed E-state index contributed by atoms with van der Waals surface area (Å²) >= 11 is 0. The zero-order valence-electron chi connectivity index (χ0n) is 11.3. The van der Waals surface area contributed by atoms with Crippen molar-refractivity contribution in [2.24, 2.45) is 0 Å². The molecule has 1 aromatic rings. The molecular formula is C14H19N3O2. The number of nitrogens with one attached hydrogen (secondary N) is 1. The fraction of sp³-hybridized carbons (Fsp3) is 0.429. The summed E-state index contributed by atoms with van der Waals surface area (Å²) in [5, 5.41) is 20.9. The van der Waals surface area contributed by atoms with Gasteiger partial charge in [0, 0.05) is 13.6 Å². The molecule has 0 bridgehead atoms. The van der Waals surface area contributed by atoms with Gasteiger partial charge >= 0.3 is 0 Å². The Bertz CT molecular complexity index is 480. The van der Waals surface area contributed by atoms with Gasteiger partial charge in [0.2, 0.25) is 5.91 Å². The molecule has 0 fully saturated rings. The highest BCUT2D eigenvalue weighted by atomic mass is 16.3. The molecule has 5 heteroatoms. The van der Waals surface area contributed by atoms with Crippen LogP contribution in [0.5, 0.6) is 0 Å².